The molecule has 1 amide bonds. The molecule has 1 fully saturated rings. The zero-order valence-corrected chi connectivity index (χ0v) is 14.6. The Bertz CT molecular complexity index is 736. The van der Waals surface area contributed by atoms with E-state index < -0.39 is 11.7 Å². The molecule has 1 saturated heterocycles. The molecular weight excluding hydrogens is 359 g/mol. The fourth-order valence-corrected chi connectivity index (χ4v) is 2.96. The van der Waals surface area contributed by atoms with E-state index in [4.69, 9.17) is 0 Å². The van der Waals surface area contributed by atoms with Crippen molar-refractivity contribution in [3.05, 3.63) is 54.8 Å². The summed E-state index contributed by atoms with van der Waals surface area (Å²) < 4.78 is 38.1. The monoisotopic (exact) mass is 379 g/mol. The Morgan fingerprint density at radius 3 is 2.44 bits per heavy atom. The maximum Gasteiger partial charge on any atom is 0.416 e. The van der Waals surface area contributed by atoms with Crippen molar-refractivity contribution in [2.24, 2.45) is 4.99 Å². The Morgan fingerprint density at radius 1 is 1.19 bits per heavy atom. The van der Waals surface area contributed by atoms with E-state index in [9.17, 15) is 18.0 Å². The fourth-order valence-electron chi connectivity index (χ4n) is 2.96. The quantitative estimate of drug-likeness (QED) is 0.817. The van der Waals surface area contributed by atoms with E-state index in [1.165, 1.54) is 18.2 Å². The molecule has 0 radical (unpaired) electrons. The number of hydrogen-bond acceptors (Lipinski definition) is 5. The van der Waals surface area contributed by atoms with Gasteiger partial charge in [-0.15, -0.1) is 0 Å². The Morgan fingerprint density at radius 2 is 1.85 bits per heavy atom. The first-order valence-electron chi connectivity index (χ1n) is 8.46. The largest absolute Gasteiger partial charge is 0.416 e. The van der Waals surface area contributed by atoms with Crippen molar-refractivity contribution in [1.82, 2.24) is 14.8 Å². The molecule has 2 aliphatic rings. The molecule has 0 saturated carbocycles. The normalized spacial score (nSPS) is 20.6. The van der Waals surface area contributed by atoms with E-state index in [1.54, 1.807) is 28.4 Å². The molecule has 1 aromatic carbocycles. The van der Waals surface area contributed by atoms with Crippen LogP contribution in [-0.2, 0) is 11.0 Å². The number of amides is 1. The molecule has 0 spiro atoms. The smallest absolute Gasteiger partial charge is 0.337 e. The lowest BCUT2D eigenvalue weighted by Crippen LogP contribution is -2.56. The van der Waals surface area contributed by atoms with Gasteiger partial charge < -0.3 is 4.90 Å². The van der Waals surface area contributed by atoms with E-state index in [0.717, 1.165) is 12.1 Å². The number of aliphatic imine (C=N–C) groups is 1. The van der Waals surface area contributed by atoms with Gasteiger partial charge in [0.05, 0.1) is 11.3 Å². The molecule has 144 valence electrons. The highest BCUT2D eigenvalue weighted by atomic mass is 19.4. The molecular formula is C18H20F3N5O. The lowest BCUT2D eigenvalue weighted by molar-refractivity contribution is -0.137. The summed E-state index contributed by atoms with van der Waals surface area (Å²) in [5.74, 6) is -0.0959. The summed E-state index contributed by atoms with van der Waals surface area (Å²) in [6.07, 6.45) is 1.78. The van der Waals surface area contributed by atoms with Gasteiger partial charge in [0.1, 0.15) is 0 Å². The first-order valence-corrected chi connectivity index (χ1v) is 8.46. The van der Waals surface area contributed by atoms with Crippen LogP contribution in [0.15, 0.2) is 54.2 Å². The summed E-state index contributed by atoms with van der Waals surface area (Å²) >= 11 is 0. The van der Waals surface area contributed by atoms with Crippen molar-refractivity contribution in [3.8, 4) is 0 Å². The molecule has 1 aromatic rings. The maximum absolute atomic E-state index is 12.7. The molecule has 6 nitrogen and oxygen atoms in total. The van der Waals surface area contributed by atoms with Crippen molar-refractivity contribution < 1.29 is 18.0 Å². The lowest BCUT2D eigenvalue weighted by Gasteiger charge is -2.42. The second kappa shape index (κ2) is 7.83. The summed E-state index contributed by atoms with van der Waals surface area (Å²) in [5.41, 5.74) is 2.91. The first kappa shape index (κ1) is 19.0. The number of carbonyl (C=O) groups excluding carboxylic acids is 1. The Labute approximate surface area is 155 Å². The number of rotatable bonds is 4. The minimum Gasteiger partial charge on any atom is -0.337 e. The van der Waals surface area contributed by atoms with Crippen molar-refractivity contribution >= 4 is 17.8 Å². The van der Waals surface area contributed by atoms with Crippen LogP contribution in [0, 0.1) is 0 Å². The zero-order valence-electron chi connectivity index (χ0n) is 14.6. The van der Waals surface area contributed by atoms with Crippen molar-refractivity contribution in [1.29, 1.82) is 0 Å². The Kier molecular flexibility index (Phi) is 5.50. The third kappa shape index (κ3) is 4.48. The fraction of sp³-hybridized carbons (Fsp3) is 0.333. The first-order chi connectivity index (χ1) is 12.9. The van der Waals surface area contributed by atoms with Gasteiger partial charge in [-0.2, -0.15) is 13.2 Å². The van der Waals surface area contributed by atoms with Gasteiger partial charge in [0.2, 0.25) is 5.91 Å². The highest BCUT2D eigenvalue weighted by molar-refractivity contribution is 5.87. The van der Waals surface area contributed by atoms with Gasteiger partial charge in [-0.25, -0.2) is 0 Å². The maximum atomic E-state index is 12.7. The van der Waals surface area contributed by atoms with Gasteiger partial charge >= 0.3 is 6.18 Å². The number of hydrazine groups is 1. The molecule has 1 N–H and O–H groups in total. The number of benzene rings is 1. The molecule has 27 heavy (non-hydrogen) atoms. The van der Waals surface area contributed by atoms with Crippen molar-refractivity contribution in [2.45, 2.75) is 12.5 Å². The summed E-state index contributed by atoms with van der Waals surface area (Å²) in [6.45, 7) is 5.88. The van der Waals surface area contributed by atoms with Gasteiger partial charge in [-0.3, -0.25) is 25.1 Å². The van der Waals surface area contributed by atoms with Gasteiger partial charge in [0.25, 0.3) is 0 Å². The molecule has 1 atom stereocenters. The van der Waals surface area contributed by atoms with Crippen LogP contribution in [0.1, 0.15) is 5.56 Å². The van der Waals surface area contributed by atoms with E-state index in [1.807, 2.05) is 0 Å². The molecule has 0 bridgehead atoms. The zero-order chi connectivity index (χ0) is 19.4. The molecule has 0 aromatic heterocycles. The standard InChI is InChI=1S/C18H20F3N5O/c1-2-16(27)24-10-12-25(13-11-24)17-22-8-3-9-26(17)23-15-6-4-14(5-7-15)18(19,20)21/h2-9,17,23H,1,10-13H2. The summed E-state index contributed by atoms with van der Waals surface area (Å²) in [4.78, 5) is 20.0. The number of alkyl halides is 3. The van der Waals surface area contributed by atoms with Gasteiger partial charge in [0, 0.05) is 38.6 Å². The summed E-state index contributed by atoms with van der Waals surface area (Å²) in [7, 11) is 0. The number of nitrogens with one attached hydrogen (secondary N) is 1. The second-order valence-corrected chi connectivity index (χ2v) is 6.15. The lowest BCUT2D eigenvalue weighted by atomic mass is 10.2. The second-order valence-electron chi connectivity index (χ2n) is 6.15. The molecule has 2 heterocycles. The van der Waals surface area contributed by atoms with E-state index >= 15 is 0 Å². The highest BCUT2D eigenvalue weighted by Crippen LogP contribution is 2.30. The van der Waals surface area contributed by atoms with Crippen LogP contribution in [0.3, 0.4) is 0 Å². The number of halogens is 3. The van der Waals surface area contributed by atoms with Crippen LogP contribution in [-0.4, -0.2) is 59.4 Å². The van der Waals surface area contributed by atoms with Crippen LogP contribution >= 0.6 is 0 Å². The summed E-state index contributed by atoms with van der Waals surface area (Å²) in [6, 6.07) is 4.83. The minimum atomic E-state index is -4.36. The van der Waals surface area contributed by atoms with Crippen molar-refractivity contribution in [2.75, 3.05) is 31.6 Å². The van der Waals surface area contributed by atoms with Crippen molar-refractivity contribution in [3.63, 3.8) is 0 Å². The molecule has 9 heteroatoms. The predicted molar refractivity (Wildman–Crippen MR) is 96.7 cm³/mol. The minimum absolute atomic E-state index is 0.0959. The SMILES string of the molecule is C=CC(=O)N1CCN(C2N=CC=CN2Nc2ccc(C(F)(F)F)cc2)CC1. The van der Waals surface area contributed by atoms with Crippen LogP contribution in [0.2, 0.25) is 0 Å². The summed E-state index contributed by atoms with van der Waals surface area (Å²) in [5, 5.41) is 1.73. The third-order valence-corrected chi connectivity index (χ3v) is 4.40. The Balaban J connectivity index is 1.65. The Hall–Kier alpha value is -2.81. The molecule has 0 aliphatic carbocycles. The van der Waals surface area contributed by atoms with E-state index in [0.29, 0.717) is 31.9 Å². The van der Waals surface area contributed by atoms with Crippen LogP contribution < -0.4 is 5.43 Å². The van der Waals surface area contributed by atoms with Crippen LogP contribution in [0.25, 0.3) is 0 Å². The third-order valence-electron chi connectivity index (χ3n) is 4.40. The average Bonchev–Trinajstić information content (AvgIpc) is 2.68. The molecule has 2 aliphatic heterocycles. The number of hydrogen-bond donors (Lipinski definition) is 1. The van der Waals surface area contributed by atoms with Gasteiger partial charge in [-0.1, -0.05) is 6.58 Å². The highest BCUT2D eigenvalue weighted by Gasteiger charge is 2.31. The van der Waals surface area contributed by atoms with Crippen LogP contribution in [0.4, 0.5) is 18.9 Å². The number of allylic oxidation sites excluding steroid dienone is 1. The predicted octanol–water partition coefficient (Wildman–Crippen LogP) is 2.55. The number of anilines is 1. The number of carbonyl (C=O) groups is 1. The van der Waals surface area contributed by atoms with Gasteiger partial charge in [0.15, 0.2) is 6.29 Å². The van der Waals surface area contributed by atoms with E-state index in [2.05, 4.69) is 21.9 Å². The molecule has 1 unspecified atom stereocenters. The number of nitrogens with zero attached hydrogens (tertiary/aromatic N) is 4. The topological polar surface area (TPSA) is 51.2 Å². The van der Waals surface area contributed by atoms with Crippen LogP contribution in [0.5, 0.6) is 0 Å². The molecule has 3 rings (SSSR count). The van der Waals surface area contributed by atoms with Gasteiger partial charge in [-0.05, 0) is 36.4 Å². The average molecular weight is 379 g/mol. The number of piperazine rings is 1. The van der Waals surface area contributed by atoms with E-state index in [-0.39, 0.29) is 12.2 Å².